The van der Waals surface area contributed by atoms with Crippen LogP contribution in [-0.2, 0) is 23.8 Å². The molecular weight excluding hydrogens is 368 g/mol. The molecule has 0 unspecified atom stereocenters. The van der Waals surface area contributed by atoms with Crippen LogP contribution in [0.15, 0.2) is 11.6 Å². The van der Waals surface area contributed by atoms with Gasteiger partial charge < -0.3 is 14.2 Å². The van der Waals surface area contributed by atoms with Crippen LogP contribution in [0.2, 0.25) is 0 Å². The molecule has 0 radical (unpaired) electrons. The quantitative estimate of drug-likeness (QED) is 0.496. The molecule has 2 aliphatic heterocycles. The molecule has 7 atom stereocenters. The molecular formula is C24H38O5. The second-order valence-corrected chi connectivity index (χ2v) is 10.3. The highest BCUT2D eigenvalue weighted by Crippen LogP contribution is 2.57. The van der Waals surface area contributed by atoms with Crippen LogP contribution in [0.1, 0.15) is 80.6 Å². The maximum Gasteiger partial charge on any atom is 0.303 e. The number of rotatable bonds is 3. The summed E-state index contributed by atoms with van der Waals surface area (Å²) in [7, 11) is 0. The minimum absolute atomic E-state index is 0.0415. The van der Waals surface area contributed by atoms with Gasteiger partial charge in [-0.2, -0.15) is 0 Å². The van der Waals surface area contributed by atoms with Gasteiger partial charge >= 0.3 is 11.9 Å². The van der Waals surface area contributed by atoms with E-state index in [1.54, 1.807) is 0 Å². The Balaban J connectivity index is 2.11. The first kappa shape index (κ1) is 22.3. The molecule has 1 saturated heterocycles. The Morgan fingerprint density at radius 1 is 1.10 bits per heavy atom. The fourth-order valence-electron chi connectivity index (χ4n) is 6.44. The molecule has 1 aliphatic carbocycles. The van der Waals surface area contributed by atoms with E-state index < -0.39 is 11.2 Å². The van der Waals surface area contributed by atoms with Crippen LogP contribution in [-0.4, -0.2) is 35.3 Å². The van der Waals surface area contributed by atoms with Crippen LogP contribution in [0, 0.1) is 23.7 Å². The Morgan fingerprint density at radius 3 is 2.31 bits per heavy atom. The standard InChI is InChI=1S/C24H38O5/c1-14(2)18-10-12-23(6,28-16(4)25)21-19-13-15(3)9-8-11-24(7,29-17(5)26)22(27-19)20(18)21/h9,14,18-22H,8,10-13H2,1-7H3/b15-9-/t18-,19-,20-,21-,22-,23-,24-/m0/s1. The fourth-order valence-corrected chi connectivity index (χ4v) is 6.44. The lowest BCUT2D eigenvalue weighted by Crippen LogP contribution is -2.56. The van der Waals surface area contributed by atoms with Gasteiger partial charge in [0.2, 0.25) is 0 Å². The predicted molar refractivity (Wildman–Crippen MR) is 111 cm³/mol. The van der Waals surface area contributed by atoms with E-state index in [0.717, 1.165) is 32.1 Å². The SMILES string of the molecule is CC(=O)O[C@@]1(C)CC[C@@H](C(C)C)[C@H]2[C@@H]1[C@@H]1C/C(C)=C\CC[C@](C)(OC(C)=O)[C@H]2O1. The number of hydrogen-bond donors (Lipinski definition) is 0. The highest BCUT2D eigenvalue weighted by molar-refractivity contribution is 5.67. The van der Waals surface area contributed by atoms with Crippen LogP contribution in [0.3, 0.4) is 0 Å². The summed E-state index contributed by atoms with van der Waals surface area (Å²) in [5.74, 6) is 0.698. The van der Waals surface area contributed by atoms with Gasteiger partial charge in [-0.1, -0.05) is 25.5 Å². The third-order valence-electron chi connectivity index (χ3n) is 7.53. The molecule has 164 valence electrons. The Labute approximate surface area is 175 Å². The summed E-state index contributed by atoms with van der Waals surface area (Å²) in [4.78, 5) is 24.0. The fraction of sp³-hybridized carbons (Fsp3) is 0.833. The van der Waals surface area contributed by atoms with Crippen molar-refractivity contribution in [3.8, 4) is 0 Å². The zero-order valence-corrected chi connectivity index (χ0v) is 19.1. The Hall–Kier alpha value is -1.36. The third-order valence-corrected chi connectivity index (χ3v) is 7.53. The Morgan fingerprint density at radius 2 is 1.72 bits per heavy atom. The molecule has 1 saturated carbocycles. The lowest BCUT2D eigenvalue weighted by Gasteiger charge is -2.50. The number of ether oxygens (including phenoxy) is 3. The zero-order valence-electron chi connectivity index (χ0n) is 19.1. The third kappa shape index (κ3) is 4.26. The lowest BCUT2D eigenvalue weighted by atomic mass is 9.57. The summed E-state index contributed by atoms with van der Waals surface area (Å²) in [6.45, 7) is 13.8. The summed E-state index contributed by atoms with van der Waals surface area (Å²) in [5, 5.41) is 0. The van der Waals surface area contributed by atoms with Crippen LogP contribution >= 0.6 is 0 Å². The minimum Gasteiger partial charge on any atom is -0.459 e. The van der Waals surface area contributed by atoms with E-state index in [9.17, 15) is 9.59 Å². The summed E-state index contributed by atoms with van der Waals surface area (Å²) >= 11 is 0. The van der Waals surface area contributed by atoms with Crippen LogP contribution in [0.25, 0.3) is 0 Å². The van der Waals surface area contributed by atoms with Gasteiger partial charge in [-0.05, 0) is 64.7 Å². The van der Waals surface area contributed by atoms with E-state index in [1.807, 2.05) is 6.92 Å². The van der Waals surface area contributed by atoms with Gasteiger partial charge in [0, 0.05) is 25.7 Å². The van der Waals surface area contributed by atoms with Crippen molar-refractivity contribution in [2.75, 3.05) is 0 Å². The van der Waals surface area contributed by atoms with Gasteiger partial charge in [-0.3, -0.25) is 9.59 Å². The molecule has 0 aromatic heterocycles. The van der Waals surface area contributed by atoms with E-state index >= 15 is 0 Å². The summed E-state index contributed by atoms with van der Waals surface area (Å²) in [5.41, 5.74) is 0.0442. The summed E-state index contributed by atoms with van der Waals surface area (Å²) in [6, 6.07) is 0. The van der Waals surface area contributed by atoms with Crippen LogP contribution in [0.4, 0.5) is 0 Å². The van der Waals surface area contributed by atoms with E-state index in [4.69, 9.17) is 14.2 Å². The first-order valence-electron chi connectivity index (χ1n) is 11.2. The van der Waals surface area contributed by atoms with E-state index in [1.165, 1.54) is 19.4 Å². The molecule has 3 rings (SSSR count). The average Bonchev–Trinajstić information content (AvgIpc) is 2.95. The second-order valence-electron chi connectivity index (χ2n) is 10.3. The highest BCUT2D eigenvalue weighted by Gasteiger charge is 2.63. The maximum absolute atomic E-state index is 12.0. The number of esters is 2. The van der Waals surface area contributed by atoms with Crippen LogP contribution < -0.4 is 0 Å². The zero-order chi connectivity index (χ0) is 21.6. The largest absolute Gasteiger partial charge is 0.459 e. The Kier molecular flexibility index (Phi) is 6.20. The molecule has 0 aromatic rings. The van der Waals surface area contributed by atoms with Crippen molar-refractivity contribution in [2.24, 2.45) is 23.7 Å². The molecule has 2 heterocycles. The monoisotopic (exact) mass is 406 g/mol. The van der Waals surface area contributed by atoms with Crippen LogP contribution in [0.5, 0.6) is 0 Å². The topological polar surface area (TPSA) is 61.8 Å². The van der Waals surface area contributed by atoms with Crippen molar-refractivity contribution in [1.82, 2.24) is 0 Å². The number of allylic oxidation sites excluding steroid dienone is 1. The lowest BCUT2D eigenvalue weighted by molar-refractivity contribution is -0.181. The van der Waals surface area contributed by atoms with Gasteiger partial charge in [-0.15, -0.1) is 0 Å². The molecule has 2 fully saturated rings. The molecule has 5 heteroatoms. The van der Waals surface area contributed by atoms with Gasteiger partial charge in [0.1, 0.15) is 17.3 Å². The minimum atomic E-state index is -0.688. The first-order valence-corrected chi connectivity index (χ1v) is 11.2. The molecule has 0 amide bonds. The van der Waals surface area contributed by atoms with Crippen molar-refractivity contribution in [3.63, 3.8) is 0 Å². The van der Waals surface area contributed by atoms with E-state index in [0.29, 0.717) is 11.8 Å². The number of carbonyl (C=O) groups is 2. The van der Waals surface area contributed by atoms with Gasteiger partial charge in [-0.25, -0.2) is 0 Å². The number of hydrogen-bond acceptors (Lipinski definition) is 5. The first-order chi connectivity index (χ1) is 13.5. The molecule has 5 nitrogen and oxygen atoms in total. The molecule has 0 N–H and O–H groups in total. The molecule has 0 spiro atoms. The van der Waals surface area contributed by atoms with E-state index in [2.05, 4.69) is 33.8 Å². The number of carbonyl (C=O) groups excluding carboxylic acids is 2. The van der Waals surface area contributed by atoms with E-state index in [-0.39, 0.29) is 36.0 Å². The van der Waals surface area contributed by atoms with Crippen molar-refractivity contribution >= 4 is 11.9 Å². The van der Waals surface area contributed by atoms with Crippen molar-refractivity contribution < 1.29 is 23.8 Å². The second kappa shape index (κ2) is 8.05. The number of fused-ring (bicyclic) bond motifs is 5. The predicted octanol–water partition coefficient (Wildman–Crippen LogP) is 4.83. The van der Waals surface area contributed by atoms with Crippen molar-refractivity contribution in [3.05, 3.63) is 11.6 Å². The average molecular weight is 407 g/mol. The molecule has 0 aromatic carbocycles. The van der Waals surface area contributed by atoms with Gasteiger partial charge in [0.25, 0.3) is 0 Å². The molecule has 2 bridgehead atoms. The maximum atomic E-state index is 12.0. The summed E-state index contributed by atoms with van der Waals surface area (Å²) in [6.07, 6.45) is 6.27. The highest BCUT2D eigenvalue weighted by atomic mass is 16.6. The van der Waals surface area contributed by atoms with Crippen molar-refractivity contribution in [2.45, 2.75) is 104 Å². The molecule has 3 aliphatic rings. The van der Waals surface area contributed by atoms with Gasteiger partial charge in [0.05, 0.1) is 6.10 Å². The van der Waals surface area contributed by atoms with Gasteiger partial charge in [0.15, 0.2) is 0 Å². The summed E-state index contributed by atoms with van der Waals surface area (Å²) < 4.78 is 18.7. The Bertz CT molecular complexity index is 683. The molecule has 29 heavy (non-hydrogen) atoms. The normalized spacial score (nSPS) is 44.0. The van der Waals surface area contributed by atoms with Crippen molar-refractivity contribution in [1.29, 1.82) is 0 Å². The smallest absolute Gasteiger partial charge is 0.303 e.